The summed E-state index contributed by atoms with van der Waals surface area (Å²) in [6, 6.07) is 3.37. The molecule has 1 aromatic rings. The zero-order valence-corrected chi connectivity index (χ0v) is 12.2. The van der Waals surface area contributed by atoms with E-state index in [1.807, 2.05) is 0 Å². The molecule has 112 valence electrons. The van der Waals surface area contributed by atoms with Gasteiger partial charge in [0.2, 0.25) is 0 Å². The normalized spacial score (nSPS) is 28.4. The van der Waals surface area contributed by atoms with E-state index in [0.29, 0.717) is 17.9 Å². The quantitative estimate of drug-likeness (QED) is 0.919. The predicted molar refractivity (Wildman–Crippen MR) is 75.4 cm³/mol. The van der Waals surface area contributed by atoms with Crippen LogP contribution in [0.3, 0.4) is 0 Å². The fourth-order valence-corrected chi connectivity index (χ4v) is 3.09. The summed E-state index contributed by atoms with van der Waals surface area (Å²) >= 11 is 0. The molecular formula is C16H23F2NO. The molecule has 4 heteroatoms. The van der Waals surface area contributed by atoms with Crippen LogP contribution in [0.15, 0.2) is 18.2 Å². The standard InChI is InChI=1S/C16H23F2NO/c1-11-5-7-16(20-2,8-6-11)15(19)9-12-3-4-13(17)10-14(12)18/h3-4,10-11,15H,5-9,19H2,1-2H3. The molecule has 2 nitrogen and oxygen atoms in total. The van der Waals surface area contributed by atoms with Crippen molar-refractivity contribution in [3.63, 3.8) is 0 Å². The molecule has 1 saturated carbocycles. The van der Waals surface area contributed by atoms with Gasteiger partial charge < -0.3 is 10.5 Å². The van der Waals surface area contributed by atoms with E-state index in [0.717, 1.165) is 31.7 Å². The maximum atomic E-state index is 13.7. The number of hydrogen-bond acceptors (Lipinski definition) is 2. The lowest BCUT2D eigenvalue weighted by Crippen LogP contribution is -2.52. The maximum absolute atomic E-state index is 13.7. The molecule has 2 rings (SSSR count). The summed E-state index contributed by atoms with van der Waals surface area (Å²) in [6.07, 6.45) is 4.32. The zero-order chi connectivity index (χ0) is 14.8. The molecule has 1 atom stereocenters. The Kier molecular flexibility index (Phi) is 4.76. The second-order valence-electron chi connectivity index (χ2n) is 6.00. The van der Waals surface area contributed by atoms with Crippen molar-refractivity contribution in [1.82, 2.24) is 0 Å². The van der Waals surface area contributed by atoms with Crippen LogP contribution in [0.1, 0.15) is 38.2 Å². The van der Waals surface area contributed by atoms with Gasteiger partial charge in [-0.05, 0) is 49.7 Å². The van der Waals surface area contributed by atoms with Crippen LogP contribution < -0.4 is 5.73 Å². The highest BCUT2D eigenvalue weighted by atomic mass is 19.1. The summed E-state index contributed by atoms with van der Waals surface area (Å²) in [5, 5.41) is 0. The molecule has 0 spiro atoms. The average molecular weight is 283 g/mol. The molecule has 20 heavy (non-hydrogen) atoms. The molecule has 1 aromatic carbocycles. The molecule has 1 unspecified atom stereocenters. The van der Waals surface area contributed by atoms with E-state index in [-0.39, 0.29) is 11.6 Å². The Hall–Kier alpha value is -1.00. The van der Waals surface area contributed by atoms with E-state index >= 15 is 0 Å². The molecule has 1 fully saturated rings. The van der Waals surface area contributed by atoms with Gasteiger partial charge >= 0.3 is 0 Å². The van der Waals surface area contributed by atoms with E-state index in [1.165, 1.54) is 12.1 Å². The van der Waals surface area contributed by atoms with Gasteiger partial charge in [0, 0.05) is 19.2 Å². The first kappa shape index (κ1) is 15.4. The molecule has 0 saturated heterocycles. The van der Waals surface area contributed by atoms with Crippen molar-refractivity contribution in [2.24, 2.45) is 11.7 Å². The Labute approximate surface area is 119 Å². The molecule has 0 aromatic heterocycles. The predicted octanol–water partition coefficient (Wildman–Crippen LogP) is 3.43. The Morgan fingerprint density at radius 1 is 1.35 bits per heavy atom. The van der Waals surface area contributed by atoms with E-state index in [9.17, 15) is 8.78 Å². The van der Waals surface area contributed by atoms with Gasteiger partial charge in [0.25, 0.3) is 0 Å². The fraction of sp³-hybridized carbons (Fsp3) is 0.625. The van der Waals surface area contributed by atoms with Gasteiger partial charge in [-0.15, -0.1) is 0 Å². The lowest BCUT2D eigenvalue weighted by molar-refractivity contribution is -0.0660. The highest BCUT2D eigenvalue weighted by Crippen LogP contribution is 2.37. The van der Waals surface area contributed by atoms with E-state index in [4.69, 9.17) is 10.5 Å². The van der Waals surface area contributed by atoms with Gasteiger partial charge in [-0.3, -0.25) is 0 Å². The van der Waals surface area contributed by atoms with Gasteiger partial charge in [-0.1, -0.05) is 13.0 Å². The van der Waals surface area contributed by atoms with Crippen molar-refractivity contribution >= 4 is 0 Å². The molecule has 2 N–H and O–H groups in total. The van der Waals surface area contributed by atoms with Crippen LogP contribution in [-0.2, 0) is 11.2 Å². The Morgan fingerprint density at radius 2 is 2.00 bits per heavy atom. The zero-order valence-electron chi connectivity index (χ0n) is 12.2. The number of halogens is 2. The highest BCUT2D eigenvalue weighted by molar-refractivity contribution is 5.20. The number of methoxy groups -OCH3 is 1. The van der Waals surface area contributed by atoms with Gasteiger partial charge in [0.1, 0.15) is 11.6 Å². The van der Waals surface area contributed by atoms with Crippen molar-refractivity contribution in [2.45, 2.75) is 50.7 Å². The van der Waals surface area contributed by atoms with Gasteiger partial charge in [0.15, 0.2) is 0 Å². The molecule has 0 amide bonds. The van der Waals surface area contributed by atoms with Crippen LogP contribution >= 0.6 is 0 Å². The van der Waals surface area contributed by atoms with Crippen LogP contribution in [0.2, 0.25) is 0 Å². The topological polar surface area (TPSA) is 35.2 Å². The second kappa shape index (κ2) is 6.19. The van der Waals surface area contributed by atoms with Gasteiger partial charge in [0.05, 0.1) is 5.60 Å². The first-order chi connectivity index (χ1) is 9.47. The number of ether oxygens (including phenoxy) is 1. The summed E-state index contributed by atoms with van der Waals surface area (Å²) in [6.45, 7) is 2.23. The Bertz CT molecular complexity index is 456. The van der Waals surface area contributed by atoms with Crippen molar-refractivity contribution in [2.75, 3.05) is 7.11 Å². The lowest BCUT2D eigenvalue weighted by Gasteiger charge is -2.42. The first-order valence-electron chi connectivity index (χ1n) is 7.21. The summed E-state index contributed by atoms with van der Waals surface area (Å²) in [7, 11) is 1.68. The van der Waals surface area contributed by atoms with Crippen molar-refractivity contribution in [3.8, 4) is 0 Å². The van der Waals surface area contributed by atoms with Crippen molar-refractivity contribution < 1.29 is 13.5 Å². The van der Waals surface area contributed by atoms with E-state index in [1.54, 1.807) is 7.11 Å². The number of hydrogen-bond donors (Lipinski definition) is 1. The molecule has 0 aliphatic heterocycles. The third-order valence-corrected chi connectivity index (χ3v) is 4.66. The van der Waals surface area contributed by atoms with E-state index < -0.39 is 11.6 Å². The highest BCUT2D eigenvalue weighted by Gasteiger charge is 2.39. The molecule has 1 aliphatic rings. The first-order valence-corrected chi connectivity index (χ1v) is 7.21. The largest absolute Gasteiger partial charge is 0.377 e. The molecule has 1 aliphatic carbocycles. The van der Waals surface area contributed by atoms with Gasteiger partial charge in [-0.2, -0.15) is 0 Å². The lowest BCUT2D eigenvalue weighted by atomic mass is 9.74. The third-order valence-electron chi connectivity index (χ3n) is 4.66. The molecule has 0 heterocycles. The maximum Gasteiger partial charge on any atom is 0.129 e. The number of rotatable bonds is 4. The minimum Gasteiger partial charge on any atom is -0.377 e. The molecular weight excluding hydrogens is 260 g/mol. The monoisotopic (exact) mass is 283 g/mol. The van der Waals surface area contributed by atoms with Crippen LogP contribution in [0, 0.1) is 17.6 Å². The SMILES string of the molecule is COC1(C(N)Cc2ccc(F)cc2F)CCC(C)CC1. The molecule has 0 radical (unpaired) electrons. The van der Waals surface area contributed by atoms with E-state index in [2.05, 4.69) is 6.92 Å². The smallest absolute Gasteiger partial charge is 0.129 e. The molecule has 0 bridgehead atoms. The Balaban J connectivity index is 2.11. The number of benzene rings is 1. The van der Waals surface area contributed by atoms with Crippen molar-refractivity contribution in [1.29, 1.82) is 0 Å². The van der Waals surface area contributed by atoms with Crippen molar-refractivity contribution in [3.05, 3.63) is 35.4 Å². The summed E-state index contributed by atoms with van der Waals surface area (Å²) < 4.78 is 32.4. The third kappa shape index (κ3) is 3.18. The van der Waals surface area contributed by atoms with Crippen LogP contribution in [0.5, 0.6) is 0 Å². The minimum absolute atomic E-state index is 0.278. The number of nitrogens with two attached hydrogens (primary N) is 1. The fourth-order valence-electron chi connectivity index (χ4n) is 3.09. The minimum atomic E-state index is -0.562. The van der Waals surface area contributed by atoms with Crippen LogP contribution in [-0.4, -0.2) is 18.8 Å². The van der Waals surface area contributed by atoms with Crippen LogP contribution in [0.25, 0.3) is 0 Å². The Morgan fingerprint density at radius 3 is 2.55 bits per heavy atom. The second-order valence-corrected chi connectivity index (χ2v) is 6.00. The summed E-state index contributed by atoms with van der Waals surface area (Å²) in [5.74, 6) is -0.406. The average Bonchev–Trinajstić information content (AvgIpc) is 2.43. The van der Waals surface area contributed by atoms with Crippen LogP contribution in [0.4, 0.5) is 8.78 Å². The van der Waals surface area contributed by atoms with Gasteiger partial charge in [-0.25, -0.2) is 8.78 Å². The summed E-state index contributed by atoms with van der Waals surface area (Å²) in [4.78, 5) is 0. The summed E-state index contributed by atoms with van der Waals surface area (Å²) in [5.41, 5.74) is 6.36.